The van der Waals surface area contributed by atoms with Crippen LogP contribution in [-0.2, 0) is 0 Å². The zero-order valence-electron chi connectivity index (χ0n) is 12.8. The summed E-state index contributed by atoms with van der Waals surface area (Å²) in [5.74, 6) is 0. The first-order valence-corrected chi connectivity index (χ1v) is 7.86. The van der Waals surface area contributed by atoms with Gasteiger partial charge < -0.3 is 15.6 Å². The molecule has 0 radical (unpaired) electrons. The second-order valence-corrected chi connectivity index (χ2v) is 5.23. The van der Waals surface area contributed by atoms with Gasteiger partial charge in [-0.1, -0.05) is 25.4 Å². The predicted molar refractivity (Wildman–Crippen MR) is 89.5 cm³/mol. The summed E-state index contributed by atoms with van der Waals surface area (Å²) >= 11 is 5.97. The topological polar surface area (TPSA) is 39.1 Å². The van der Waals surface area contributed by atoms with Crippen LogP contribution in [0, 0.1) is 5.41 Å². The number of halogens is 1. The maximum atomic E-state index is 7.77. The van der Waals surface area contributed by atoms with Gasteiger partial charge in [0.2, 0.25) is 0 Å². The van der Waals surface area contributed by atoms with E-state index in [4.69, 9.17) is 17.0 Å². The molecule has 0 atom stereocenters. The highest BCUT2D eigenvalue weighted by Gasteiger charge is 2.11. The van der Waals surface area contributed by atoms with Crippen LogP contribution in [0.1, 0.15) is 39.2 Å². The number of nitrogens with one attached hydrogen (secondary N) is 2. The first kappa shape index (κ1) is 17.0. The summed E-state index contributed by atoms with van der Waals surface area (Å²) in [6.45, 7) is 10.2. The average Bonchev–Trinajstić information content (AvgIpc) is 2.95. The summed E-state index contributed by atoms with van der Waals surface area (Å²) in [6.07, 6.45) is 2.65. The molecule has 0 unspecified atom stereocenters. The van der Waals surface area contributed by atoms with Gasteiger partial charge in [0.1, 0.15) is 0 Å². The van der Waals surface area contributed by atoms with Gasteiger partial charge in [0.25, 0.3) is 0 Å². The van der Waals surface area contributed by atoms with E-state index in [0.717, 1.165) is 24.3 Å². The number of hydrogen-bond donors (Lipinski definition) is 2. The third-order valence-corrected chi connectivity index (χ3v) is 3.56. The molecule has 1 aliphatic heterocycles. The van der Waals surface area contributed by atoms with Crippen molar-refractivity contribution in [2.24, 2.45) is 0 Å². The summed E-state index contributed by atoms with van der Waals surface area (Å²) in [4.78, 5) is 2.47. The highest BCUT2D eigenvalue weighted by molar-refractivity contribution is 6.31. The standard InChI is InChI=1S/C14H20ClN3.C2H6/c1-11(16)13-10-12(15)4-5-14(13)17-6-9-18-7-2-3-8-18;1-2/h4-5,10,16-17H,2-3,6-9H2,1H3;1-2H3. The van der Waals surface area contributed by atoms with Crippen LogP contribution in [0.3, 0.4) is 0 Å². The number of anilines is 1. The van der Waals surface area contributed by atoms with E-state index in [2.05, 4.69) is 10.2 Å². The minimum absolute atomic E-state index is 0.543. The molecule has 2 rings (SSSR count). The minimum Gasteiger partial charge on any atom is -0.383 e. The molecule has 20 heavy (non-hydrogen) atoms. The molecule has 0 aromatic heterocycles. The molecule has 1 aliphatic rings. The molecule has 1 aromatic carbocycles. The van der Waals surface area contributed by atoms with Crippen LogP contribution in [0.4, 0.5) is 5.69 Å². The molecule has 4 heteroatoms. The van der Waals surface area contributed by atoms with E-state index < -0.39 is 0 Å². The fourth-order valence-electron chi connectivity index (χ4n) is 2.34. The van der Waals surface area contributed by atoms with Crippen molar-refractivity contribution in [2.75, 3.05) is 31.5 Å². The quantitative estimate of drug-likeness (QED) is 0.797. The van der Waals surface area contributed by atoms with E-state index in [-0.39, 0.29) is 0 Å². The van der Waals surface area contributed by atoms with Gasteiger partial charge in [0.15, 0.2) is 0 Å². The predicted octanol–water partition coefficient (Wildman–Crippen LogP) is 4.26. The van der Waals surface area contributed by atoms with Crippen molar-refractivity contribution in [2.45, 2.75) is 33.6 Å². The molecule has 0 spiro atoms. The second-order valence-electron chi connectivity index (χ2n) is 4.79. The van der Waals surface area contributed by atoms with Crippen LogP contribution in [-0.4, -0.2) is 36.8 Å². The van der Waals surface area contributed by atoms with Gasteiger partial charge >= 0.3 is 0 Å². The van der Waals surface area contributed by atoms with Gasteiger partial charge in [-0.15, -0.1) is 0 Å². The van der Waals surface area contributed by atoms with Crippen LogP contribution < -0.4 is 5.32 Å². The lowest BCUT2D eigenvalue weighted by Crippen LogP contribution is -2.26. The first-order valence-electron chi connectivity index (χ1n) is 7.48. The van der Waals surface area contributed by atoms with Crippen LogP contribution in [0.25, 0.3) is 0 Å². The van der Waals surface area contributed by atoms with Gasteiger partial charge in [0, 0.05) is 35.1 Å². The van der Waals surface area contributed by atoms with Crippen molar-refractivity contribution < 1.29 is 0 Å². The summed E-state index contributed by atoms with van der Waals surface area (Å²) in [5, 5.41) is 11.9. The van der Waals surface area contributed by atoms with Crippen molar-refractivity contribution in [3.8, 4) is 0 Å². The Balaban J connectivity index is 0.000000956. The third kappa shape index (κ3) is 5.14. The fraction of sp³-hybridized carbons (Fsp3) is 0.562. The van der Waals surface area contributed by atoms with Crippen molar-refractivity contribution in [3.05, 3.63) is 28.8 Å². The zero-order chi connectivity index (χ0) is 15.0. The largest absolute Gasteiger partial charge is 0.383 e. The average molecular weight is 296 g/mol. The summed E-state index contributed by atoms with van der Waals surface area (Å²) in [5.41, 5.74) is 2.44. The van der Waals surface area contributed by atoms with Gasteiger partial charge in [-0.3, -0.25) is 0 Å². The Bertz CT molecular complexity index is 426. The molecule has 0 aliphatic carbocycles. The smallest absolute Gasteiger partial charge is 0.0433 e. The van der Waals surface area contributed by atoms with E-state index in [1.165, 1.54) is 25.9 Å². The Hall–Kier alpha value is -1.06. The molecule has 112 valence electrons. The highest BCUT2D eigenvalue weighted by Crippen LogP contribution is 2.21. The van der Waals surface area contributed by atoms with Gasteiger partial charge in [-0.2, -0.15) is 0 Å². The number of rotatable bonds is 5. The maximum absolute atomic E-state index is 7.77. The van der Waals surface area contributed by atoms with Crippen LogP contribution in [0.15, 0.2) is 18.2 Å². The van der Waals surface area contributed by atoms with Crippen molar-refractivity contribution in [1.29, 1.82) is 5.41 Å². The summed E-state index contributed by atoms with van der Waals surface area (Å²) in [6, 6.07) is 5.67. The normalized spacial score (nSPS) is 14.6. The summed E-state index contributed by atoms with van der Waals surface area (Å²) in [7, 11) is 0. The van der Waals surface area contributed by atoms with E-state index in [9.17, 15) is 0 Å². The van der Waals surface area contributed by atoms with E-state index >= 15 is 0 Å². The molecule has 3 nitrogen and oxygen atoms in total. The number of likely N-dealkylation sites (tertiary alicyclic amines) is 1. The lowest BCUT2D eigenvalue weighted by atomic mass is 10.1. The monoisotopic (exact) mass is 295 g/mol. The molecule has 1 fully saturated rings. The van der Waals surface area contributed by atoms with Crippen LogP contribution in [0.5, 0.6) is 0 Å². The van der Waals surface area contributed by atoms with Gasteiger partial charge in [-0.25, -0.2) is 0 Å². The molecule has 0 saturated carbocycles. The minimum atomic E-state index is 0.543. The van der Waals surface area contributed by atoms with E-state index in [1.54, 1.807) is 6.92 Å². The van der Waals surface area contributed by atoms with Crippen molar-refractivity contribution >= 4 is 23.0 Å². The maximum Gasteiger partial charge on any atom is 0.0433 e. The fourth-order valence-corrected chi connectivity index (χ4v) is 2.51. The van der Waals surface area contributed by atoms with E-state index in [1.807, 2.05) is 32.0 Å². The molecule has 0 amide bonds. The second kappa shape index (κ2) is 8.98. The Kier molecular flexibility index (Phi) is 7.63. The highest BCUT2D eigenvalue weighted by atomic mass is 35.5. The van der Waals surface area contributed by atoms with Crippen LogP contribution in [0.2, 0.25) is 5.02 Å². The number of nitrogens with zero attached hydrogens (tertiary/aromatic N) is 1. The molecular formula is C16H26ClN3. The lowest BCUT2D eigenvalue weighted by Gasteiger charge is -2.17. The molecule has 0 bridgehead atoms. The first-order chi connectivity index (χ1) is 9.66. The van der Waals surface area contributed by atoms with Crippen LogP contribution >= 0.6 is 11.6 Å². The zero-order valence-corrected chi connectivity index (χ0v) is 13.6. The van der Waals surface area contributed by atoms with Gasteiger partial charge in [-0.05, 0) is 51.1 Å². The summed E-state index contributed by atoms with van der Waals surface area (Å²) < 4.78 is 0. The molecule has 2 N–H and O–H groups in total. The molecule has 1 heterocycles. The third-order valence-electron chi connectivity index (χ3n) is 3.33. The Morgan fingerprint density at radius 1 is 1.30 bits per heavy atom. The molecule has 1 saturated heterocycles. The lowest BCUT2D eigenvalue weighted by molar-refractivity contribution is 0.352. The Morgan fingerprint density at radius 2 is 1.95 bits per heavy atom. The Morgan fingerprint density at radius 3 is 2.55 bits per heavy atom. The number of benzene rings is 1. The van der Waals surface area contributed by atoms with Crippen molar-refractivity contribution in [1.82, 2.24) is 4.90 Å². The number of hydrogen-bond acceptors (Lipinski definition) is 3. The van der Waals surface area contributed by atoms with Gasteiger partial charge in [0.05, 0.1) is 0 Å². The Labute approximate surface area is 127 Å². The molecular weight excluding hydrogens is 270 g/mol. The molecule has 1 aromatic rings. The SMILES string of the molecule is CC.CC(=N)c1cc(Cl)ccc1NCCN1CCCC1. The van der Waals surface area contributed by atoms with Crippen molar-refractivity contribution in [3.63, 3.8) is 0 Å². The van der Waals surface area contributed by atoms with E-state index in [0.29, 0.717) is 10.7 Å².